The molecule has 1 aromatic rings. The lowest BCUT2D eigenvalue weighted by molar-refractivity contribution is 0.286. The molecule has 1 heterocycles. The first-order valence-corrected chi connectivity index (χ1v) is 5.58. The molecule has 0 fully saturated rings. The van der Waals surface area contributed by atoms with Gasteiger partial charge in [-0.25, -0.2) is 4.98 Å². The third kappa shape index (κ3) is 3.67. The van der Waals surface area contributed by atoms with Crippen LogP contribution in [0.4, 0.5) is 0 Å². The van der Waals surface area contributed by atoms with Crippen molar-refractivity contribution in [2.45, 2.75) is 39.7 Å². The van der Waals surface area contributed by atoms with E-state index >= 15 is 0 Å². The van der Waals surface area contributed by atoms with Gasteiger partial charge in [-0.3, -0.25) is 0 Å². The summed E-state index contributed by atoms with van der Waals surface area (Å²) in [6.45, 7) is 6.82. The fourth-order valence-corrected chi connectivity index (χ4v) is 2.00. The van der Waals surface area contributed by atoms with E-state index in [1.165, 1.54) is 5.82 Å². The van der Waals surface area contributed by atoms with Crippen molar-refractivity contribution < 1.29 is 0 Å². The van der Waals surface area contributed by atoms with Crippen molar-refractivity contribution in [2.24, 2.45) is 12.5 Å². The predicted molar refractivity (Wildman–Crippen MR) is 63.8 cm³/mol. The van der Waals surface area contributed by atoms with Gasteiger partial charge in [0, 0.05) is 31.9 Å². The number of hydrogen-bond acceptors (Lipinski definition) is 2. The second kappa shape index (κ2) is 4.79. The van der Waals surface area contributed by atoms with Crippen molar-refractivity contribution in [3.8, 4) is 0 Å². The second-order valence-corrected chi connectivity index (χ2v) is 5.19. The van der Waals surface area contributed by atoms with Crippen LogP contribution in [0.3, 0.4) is 0 Å². The van der Waals surface area contributed by atoms with Crippen molar-refractivity contribution in [3.05, 3.63) is 18.2 Å². The first-order valence-electron chi connectivity index (χ1n) is 5.58. The molecule has 1 unspecified atom stereocenters. The van der Waals surface area contributed by atoms with Crippen molar-refractivity contribution in [3.63, 3.8) is 0 Å². The Morgan fingerprint density at radius 2 is 2.20 bits per heavy atom. The second-order valence-electron chi connectivity index (χ2n) is 5.19. The van der Waals surface area contributed by atoms with Crippen LogP contribution in [0.2, 0.25) is 0 Å². The maximum absolute atomic E-state index is 4.38. The standard InChI is InChI=1S/C12H23N3/c1-10(13-4)8-12(2,3)9-11-14-6-7-15(11)5/h6-7,10,13H,8-9H2,1-5H3. The van der Waals surface area contributed by atoms with Gasteiger partial charge in [0.1, 0.15) is 5.82 Å². The highest BCUT2D eigenvalue weighted by molar-refractivity contribution is 4.95. The Bertz CT molecular complexity index is 302. The van der Waals surface area contributed by atoms with Gasteiger partial charge in [0.05, 0.1) is 0 Å². The fraction of sp³-hybridized carbons (Fsp3) is 0.750. The lowest BCUT2D eigenvalue weighted by atomic mass is 9.82. The summed E-state index contributed by atoms with van der Waals surface area (Å²) in [4.78, 5) is 4.38. The quantitative estimate of drug-likeness (QED) is 0.803. The number of hydrogen-bond donors (Lipinski definition) is 1. The largest absolute Gasteiger partial charge is 0.338 e. The molecule has 1 rings (SSSR count). The summed E-state index contributed by atoms with van der Waals surface area (Å²) in [5.74, 6) is 1.17. The van der Waals surface area contributed by atoms with Gasteiger partial charge >= 0.3 is 0 Å². The van der Waals surface area contributed by atoms with E-state index in [0.29, 0.717) is 11.5 Å². The van der Waals surface area contributed by atoms with Crippen LogP contribution in [0.5, 0.6) is 0 Å². The first kappa shape index (κ1) is 12.2. The van der Waals surface area contributed by atoms with Crippen molar-refractivity contribution in [2.75, 3.05) is 7.05 Å². The fourth-order valence-electron chi connectivity index (χ4n) is 2.00. The van der Waals surface area contributed by atoms with Gasteiger partial charge in [0.15, 0.2) is 0 Å². The molecule has 0 saturated carbocycles. The third-order valence-corrected chi connectivity index (χ3v) is 2.91. The summed E-state index contributed by atoms with van der Waals surface area (Å²) in [6, 6.07) is 0.556. The Labute approximate surface area is 92.9 Å². The van der Waals surface area contributed by atoms with Crippen LogP contribution in [0.15, 0.2) is 12.4 Å². The molecule has 1 aromatic heterocycles. The molecule has 0 aliphatic carbocycles. The average Bonchev–Trinajstić information content (AvgIpc) is 2.50. The van der Waals surface area contributed by atoms with Gasteiger partial charge in [-0.1, -0.05) is 13.8 Å². The number of aryl methyl sites for hydroxylation is 1. The van der Waals surface area contributed by atoms with Crippen molar-refractivity contribution >= 4 is 0 Å². The van der Waals surface area contributed by atoms with Crippen LogP contribution in [-0.2, 0) is 13.5 Å². The lowest BCUT2D eigenvalue weighted by Gasteiger charge is -2.27. The Morgan fingerprint density at radius 3 is 2.67 bits per heavy atom. The smallest absolute Gasteiger partial charge is 0.108 e. The van der Waals surface area contributed by atoms with Crippen LogP contribution in [0.25, 0.3) is 0 Å². The number of aromatic nitrogens is 2. The van der Waals surface area contributed by atoms with E-state index in [-0.39, 0.29) is 0 Å². The van der Waals surface area contributed by atoms with E-state index in [0.717, 1.165) is 12.8 Å². The SMILES string of the molecule is CNC(C)CC(C)(C)Cc1nccn1C. The molecule has 0 saturated heterocycles. The minimum absolute atomic E-state index is 0.293. The molecule has 0 aliphatic rings. The zero-order chi connectivity index (χ0) is 11.5. The lowest BCUT2D eigenvalue weighted by Crippen LogP contribution is -2.30. The molecule has 3 heteroatoms. The monoisotopic (exact) mass is 209 g/mol. The van der Waals surface area contributed by atoms with E-state index in [1.807, 2.05) is 19.4 Å². The van der Waals surface area contributed by atoms with Crippen molar-refractivity contribution in [1.29, 1.82) is 0 Å². The molecule has 0 radical (unpaired) electrons. The summed E-state index contributed by atoms with van der Waals surface area (Å²) in [5, 5.41) is 3.29. The highest BCUT2D eigenvalue weighted by atomic mass is 15.0. The van der Waals surface area contributed by atoms with Crippen LogP contribution in [0.1, 0.15) is 33.0 Å². The van der Waals surface area contributed by atoms with E-state index in [4.69, 9.17) is 0 Å². The number of nitrogens with one attached hydrogen (secondary N) is 1. The summed E-state index contributed by atoms with van der Waals surface area (Å²) in [7, 11) is 4.07. The van der Waals surface area contributed by atoms with Gasteiger partial charge in [-0.2, -0.15) is 0 Å². The van der Waals surface area contributed by atoms with Gasteiger partial charge < -0.3 is 9.88 Å². The topological polar surface area (TPSA) is 29.9 Å². The zero-order valence-corrected chi connectivity index (χ0v) is 10.5. The van der Waals surface area contributed by atoms with E-state index in [2.05, 4.69) is 42.7 Å². The molecule has 3 nitrogen and oxygen atoms in total. The average molecular weight is 209 g/mol. The normalized spacial score (nSPS) is 14.2. The Kier molecular flexibility index (Phi) is 3.91. The molecule has 0 spiro atoms. The highest BCUT2D eigenvalue weighted by Gasteiger charge is 2.22. The van der Waals surface area contributed by atoms with Gasteiger partial charge in [-0.15, -0.1) is 0 Å². The first-order chi connectivity index (χ1) is 6.94. The maximum Gasteiger partial charge on any atom is 0.108 e. The molecule has 0 aromatic carbocycles. The summed E-state index contributed by atoms with van der Waals surface area (Å²) in [6.07, 6.45) is 6.07. The minimum Gasteiger partial charge on any atom is -0.338 e. The van der Waals surface area contributed by atoms with Gasteiger partial charge in [0.25, 0.3) is 0 Å². The van der Waals surface area contributed by atoms with E-state index in [9.17, 15) is 0 Å². The number of rotatable bonds is 5. The van der Waals surface area contributed by atoms with Crippen LogP contribution < -0.4 is 5.32 Å². The van der Waals surface area contributed by atoms with Crippen LogP contribution in [-0.4, -0.2) is 22.6 Å². The molecule has 86 valence electrons. The third-order valence-electron chi connectivity index (χ3n) is 2.91. The molecule has 0 amide bonds. The van der Waals surface area contributed by atoms with Crippen molar-refractivity contribution in [1.82, 2.24) is 14.9 Å². The summed E-state index contributed by atoms with van der Waals surface area (Å²) in [5.41, 5.74) is 0.293. The molecule has 1 N–H and O–H groups in total. The molecule has 1 atom stereocenters. The van der Waals surface area contributed by atoms with E-state index < -0.39 is 0 Å². The Hall–Kier alpha value is -0.830. The van der Waals surface area contributed by atoms with Crippen LogP contribution in [0, 0.1) is 5.41 Å². The minimum atomic E-state index is 0.293. The zero-order valence-electron chi connectivity index (χ0n) is 10.5. The van der Waals surface area contributed by atoms with E-state index in [1.54, 1.807) is 0 Å². The summed E-state index contributed by atoms with van der Waals surface area (Å²) >= 11 is 0. The predicted octanol–water partition coefficient (Wildman–Crippen LogP) is 1.99. The van der Waals surface area contributed by atoms with Gasteiger partial charge in [0.2, 0.25) is 0 Å². The maximum atomic E-state index is 4.38. The number of imidazole rings is 1. The van der Waals surface area contributed by atoms with Crippen LogP contribution >= 0.6 is 0 Å². The molecular weight excluding hydrogens is 186 g/mol. The Morgan fingerprint density at radius 1 is 1.53 bits per heavy atom. The highest BCUT2D eigenvalue weighted by Crippen LogP contribution is 2.26. The van der Waals surface area contributed by atoms with Gasteiger partial charge in [-0.05, 0) is 25.8 Å². The Balaban J connectivity index is 2.60. The molecular formula is C12H23N3. The molecule has 15 heavy (non-hydrogen) atoms. The molecule has 0 bridgehead atoms. The number of nitrogens with zero attached hydrogens (tertiary/aromatic N) is 2. The summed E-state index contributed by atoms with van der Waals surface area (Å²) < 4.78 is 2.10. The molecule has 0 aliphatic heterocycles.